The standard InChI is InChI=1S/C20H32N2O4/c1-5-13-21(19(25)11-9-17(3)23)15-7-8-16-22(14-6-2)20(26)12-10-18(4)24/h9-12H,5-8,13-16H2,1-4H3/b11-9+,12-10+. The highest BCUT2D eigenvalue weighted by Crippen LogP contribution is 2.03. The fourth-order valence-electron chi connectivity index (χ4n) is 2.40. The van der Waals surface area contributed by atoms with Gasteiger partial charge in [0.2, 0.25) is 11.8 Å². The smallest absolute Gasteiger partial charge is 0.246 e. The molecule has 0 spiro atoms. The van der Waals surface area contributed by atoms with Crippen LogP contribution in [0.4, 0.5) is 0 Å². The maximum absolute atomic E-state index is 12.1. The Labute approximate surface area is 156 Å². The molecule has 0 unspecified atom stereocenters. The third-order valence-corrected chi connectivity index (χ3v) is 3.64. The Kier molecular flexibility index (Phi) is 12.8. The molecule has 0 rings (SSSR count). The van der Waals surface area contributed by atoms with E-state index in [0.717, 1.165) is 25.7 Å². The Morgan fingerprint density at radius 2 is 0.962 bits per heavy atom. The monoisotopic (exact) mass is 364 g/mol. The van der Waals surface area contributed by atoms with Crippen molar-refractivity contribution in [3.05, 3.63) is 24.3 Å². The number of nitrogens with zero attached hydrogens (tertiary/aromatic N) is 2. The summed E-state index contributed by atoms with van der Waals surface area (Å²) in [6.07, 6.45) is 8.43. The van der Waals surface area contributed by atoms with Crippen LogP contribution in [-0.2, 0) is 19.2 Å². The van der Waals surface area contributed by atoms with Gasteiger partial charge in [0.15, 0.2) is 11.6 Å². The van der Waals surface area contributed by atoms with Crippen LogP contribution in [0.2, 0.25) is 0 Å². The first kappa shape index (κ1) is 23.8. The first-order chi connectivity index (χ1) is 12.3. The summed E-state index contributed by atoms with van der Waals surface area (Å²) in [7, 11) is 0. The number of rotatable bonds is 13. The number of hydrogen-bond donors (Lipinski definition) is 0. The van der Waals surface area contributed by atoms with Crippen LogP contribution in [0.3, 0.4) is 0 Å². The largest absolute Gasteiger partial charge is 0.339 e. The molecule has 0 aliphatic carbocycles. The number of ketones is 2. The number of allylic oxidation sites excluding steroid dienone is 2. The van der Waals surface area contributed by atoms with Crippen LogP contribution in [0.15, 0.2) is 24.3 Å². The molecule has 0 N–H and O–H groups in total. The van der Waals surface area contributed by atoms with E-state index in [1.54, 1.807) is 9.80 Å². The predicted molar refractivity (Wildman–Crippen MR) is 103 cm³/mol. The normalized spacial score (nSPS) is 11.1. The summed E-state index contributed by atoms with van der Waals surface area (Å²) in [4.78, 5) is 49.6. The lowest BCUT2D eigenvalue weighted by molar-refractivity contribution is -0.127. The van der Waals surface area contributed by atoms with Crippen LogP contribution in [0, 0.1) is 0 Å². The van der Waals surface area contributed by atoms with Crippen molar-refractivity contribution in [3.63, 3.8) is 0 Å². The van der Waals surface area contributed by atoms with Crippen LogP contribution in [0.5, 0.6) is 0 Å². The molecule has 0 bridgehead atoms. The molecule has 0 aromatic carbocycles. The topological polar surface area (TPSA) is 74.8 Å². The lowest BCUT2D eigenvalue weighted by Crippen LogP contribution is -2.34. The molecule has 0 radical (unpaired) electrons. The fraction of sp³-hybridized carbons (Fsp3) is 0.600. The maximum atomic E-state index is 12.1. The molecule has 0 heterocycles. The van der Waals surface area contributed by atoms with Gasteiger partial charge < -0.3 is 9.80 Å². The van der Waals surface area contributed by atoms with Gasteiger partial charge in [0.25, 0.3) is 0 Å². The first-order valence-corrected chi connectivity index (χ1v) is 9.26. The molecule has 6 nitrogen and oxygen atoms in total. The number of unbranched alkanes of at least 4 members (excludes halogenated alkanes) is 1. The number of hydrogen-bond acceptors (Lipinski definition) is 4. The molecular formula is C20H32N2O4. The number of amides is 2. The molecule has 0 fully saturated rings. The molecule has 0 aromatic heterocycles. The van der Waals surface area contributed by atoms with E-state index in [9.17, 15) is 19.2 Å². The van der Waals surface area contributed by atoms with Crippen LogP contribution >= 0.6 is 0 Å². The van der Waals surface area contributed by atoms with Gasteiger partial charge in [-0.1, -0.05) is 13.8 Å². The first-order valence-electron chi connectivity index (χ1n) is 9.26. The summed E-state index contributed by atoms with van der Waals surface area (Å²) >= 11 is 0. The third kappa shape index (κ3) is 11.3. The van der Waals surface area contributed by atoms with E-state index in [1.807, 2.05) is 13.8 Å². The van der Waals surface area contributed by atoms with Crippen molar-refractivity contribution in [2.24, 2.45) is 0 Å². The molecule has 0 aliphatic heterocycles. The van der Waals surface area contributed by atoms with Gasteiger partial charge in [0.05, 0.1) is 0 Å². The molecule has 0 aliphatic rings. The Morgan fingerprint density at radius 3 is 1.23 bits per heavy atom. The van der Waals surface area contributed by atoms with E-state index in [0.29, 0.717) is 26.2 Å². The van der Waals surface area contributed by atoms with Crippen molar-refractivity contribution in [1.29, 1.82) is 0 Å². The second-order valence-corrected chi connectivity index (χ2v) is 6.25. The van der Waals surface area contributed by atoms with Gasteiger partial charge in [-0.2, -0.15) is 0 Å². The average Bonchev–Trinajstić information content (AvgIpc) is 2.59. The molecule has 0 saturated carbocycles. The van der Waals surface area contributed by atoms with Crippen LogP contribution < -0.4 is 0 Å². The van der Waals surface area contributed by atoms with Crippen LogP contribution in [0.25, 0.3) is 0 Å². The Morgan fingerprint density at radius 1 is 0.615 bits per heavy atom. The second-order valence-electron chi connectivity index (χ2n) is 6.25. The lowest BCUT2D eigenvalue weighted by atomic mass is 10.2. The minimum absolute atomic E-state index is 0.151. The van der Waals surface area contributed by atoms with Gasteiger partial charge in [-0.25, -0.2) is 0 Å². The minimum atomic E-state index is -0.159. The Bertz CT molecular complexity index is 490. The molecule has 0 atom stereocenters. The highest BCUT2D eigenvalue weighted by atomic mass is 16.2. The molecule has 146 valence electrons. The number of carbonyl (C=O) groups excluding carboxylic acids is 4. The lowest BCUT2D eigenvalue weighted by Gasteiger charge is -2.23. The zero-order valence-electron chi connectivity index (χ0n) is 16.5. The van der Waals surface area contributed by atoms with Gasteiger partial charge in [0, 0.05) is 38.3 Å². The summed E-state index contributed by atoms with van der Waals surface area (Å²) in [6, 6.07) is 0. The Hall–Kier alpha value is -2.24. The molecule has 0 aromatic rings. The third-order valence-electron chi connectivity index (χ3n) is 3.64. The van der Waals surface area contributed by atoms with E-state index in [1.165, 1.54) is 38.2 Å². The summed E-state index contributed by atoms with van der Waals surface area (Å²) < 4.78 is 0. The molecular weight excluding hydrogens is 332 g/mol. The minimum Gasteiger partial charge on any atom is -0.339 e. The molecule has 2 amide bonds. The second kappa shape index (κ2) is 14.0. The molecule has 6 heteroatoms. The maximum Gasteiger partial charge on any atom is 0.246 e. The zero-order chi connectivity index (χ0) is 19.9. The van der Waals surface area contributed by atoms with E-state index >= 15 is 0 Å². The summed E-state index contributed by atoms with van der Waals surface area (Å²) in [5, 5.41) is 0. The summed E-state index contributed by atoms with van der Waals surface area (Å²) in [5.41, 5.74) is 0. The quantitative estimate of drug-likeness (QED) is 0.372. The van der Waals surface area contributed by atoms with Gasteiger partial charge in [0.1, 0.15) is 0 Å². The van der Waals surface area contributed by atoms with E-state index in [2.05, 4.69) is 0 Å². The van der Waals surface area contributed by atoms with Gasteiger partial charge in [-0.15, -0.1) is 0 Å². The van der Waals surface area contributed by atoms with Gasteiger partial charge >= 0.3 is 0 Å². The van der Waals surface area contributed by atoms with E-state index in [-0.39, 0.29) is 23.4 Å². The van der Waals surface area contributed by atoms with Crippen LogP contribution in [-0.4, -0.2) is 59.4 Å². The van der Waals surface area contributed by atoms with Gasteiger partial charge in [-0.3, -0.25) is 19.2 Å². The van der Waals surface area contributed by atoms with Crippen molar-refractivity contribution in [1.82, 2.24) is 9.80 Å². The Balaban J connectivity index is 4.53. The van der Waals surface area contributed by atoms with Crippen LogP contribution in [0.1, 0.15) is 53.4 Å². The highest BCUT2D eigenvalue weighted by molar-refractivity contribution is 5.97. The van der Waals surface area contributed by atoms with E-state index in [4.69, 9.17) is 0 Å². The highest BCUT2D eigenvalue weighted by Gasteiger charge is 2.12. The molecule has 26 heavy (non-hydrogen) atoms. The van der Waals surface area contributed by atoms with Gasteiger partial charge in [-0.05, 0) is 51.7 Å². The molecule has 0 saturated heterocycles. The SMILES string of the molecule is CCCN(CCCCN(CCC)C(=O)/C=C/C(C)=O)C(=O)/C=C/C(C)=O. The average molecular weight is 364 g/mol. The number of carbonyl (C=O) groups is 4. The van der Waals surface area contributed by atoms with E-state index < -0.39 is 0 Å². The fourth-order valence-corrected chi connectivity index (χ4v) is 2.40. The zero-order valence-corrected chi connectivity index (χ0v) is 16.5. The van der Waals surface area contributed by atoms with Crippen molar-refractivity contribution in [2.45, 2.75) is 53.4 Å². The van der Waals surface area contributed by atoms with Crippen molar-refractivity contribution in [2.75, 3.05) is 26.2 Å². The van der Waals surface area contributed by atoms with Crippen molar-refractivity contribution >= 4 is 23.4 Å². The summed E-state index contributed by atoms with van der Waals surface area (Å²) in [5.74, 6) is -0.620. The predicted octanol–water partition coefficient (Wildman–Crippen LogP) is 2.53. The van der Waals surface area contributed by atoms with Crippen molar-refractivity contribution in [3.8, 4) is 0 Å². The van der Waals surface area contributed by atoms with Crippen molar-refractivity contribution < 1.29 is 19.2 Å². The summed E-state index contributed by atoms with van der Waals surface area (Å²) in [6.45, 7) is 9.27.